The Labute approximate surface area is 183 Å². The SMILES string of the molecule is CC(C)(C)OC(=O)N1CCC[C@](CCNC(=O)C(F)(F)F)(c2ccc(Cl)c(Cl)c2)C1. The monoisotopic (exact) mass is 468 g/mol. The number of ether oxygens (including phenoxy) is 1. The molecule has 2 amide bonds. The molecule has 1 N–H and O–H groups in total. The van der Waals surface area contributed by atoms with Gasteiger partial charge in [-0.05, 0) is 57.7 Å². The van der Waals surface area contributed by atoms with Gasteiger partial charge in [0.2, 0.25) is 0 Å². The third-order valence-corrected chi connectivity index (χ3v) is 5.65. The Balaban J connectivity index is 2.27. The van der Waals surface area contributed by atoms with Crippen LogP contribution in [-0.4, -0.2) is 48.3 Å². The van der Waals surface area contributed by atoms with Crippen LogP contribution in [0.5, 0.6) is 0 Å². The lowest BCUT2D eigenvalue weighted by atomic mass is 9.71. The van der Waals surface area contributed by atoms with Crippen molar-refractivity contribution in [1.82, 2.24) is 10.2 Å². The van der Waals surface area contributed by atoms with E-state index in [1.54, 1.807) is 43.9 Å². The van der Waals surface area contributed by atoms with Gasteiger partial charge in [0.25, 0.3) is 0 Å². The zero-order chi connectivity index (χ0) is 22.7. The number of rotatable bonds is 4. The van der Waals surface area contributed by atoms with Crippen molar-refractivity contribution in [3.63, 3.8) is 0 Å². The molecule has 168 valence electrons. The normalized spacial score (nSPS) is 20.1. The molecule has 1 aliphatic rings. The van der Waals surface area contributed by atoms with E-state index in [0.717, 1.165) is 5.56 Å². The molecule has 0 radical (unpaired) electrons. The van der Waals surface area contributed by atoms with E-state index in [-0.39, 0.29) is 19.5 Å². The number of hydrogen-bond acceptors (Lipinski definition) is 3. The molecule has 0 unspecified atom stereocenters. The van der Waals surface area contributed by atoms with Crippen molar-refractivity contribution in [2.24, 2.45) is 0 Å². The van der Waals surface area contributed by atoms with Gasteiger partial charge < -0.3 is 15.0 Å². The highest BCUT2D eigenvalue weighted by molar-refractivity contribution is 6.42. The second kappa shape index (κ2) is 9.22. The first-order valence-corrected chi connectivity index (χ1v) is 10.3. The van der Waals surface area contributed by atoms with Crippen molar-refractivity contribution in [3.05, 3.63) is 33.8 Å². The lowest BCUT2D eigenvalue weighted by molar-refractivity contribution is -0.173. The van der Waals surface area contributed by atoms with Gasteiger partial charge in [0.05, 0.1) is 10.0 Å². The van der Waals surface area contributed by atoms with Crippen LogP contribution >= 0.6 is 23.2 Å². The van der Waals surface area contributed by atoms with Gasteiger partial charge in [-0.2, -0.15) is 13.2 Å². The first-order chi connectivity index (χ1) is 13.7. The molecule has 1 saturated heterocycles. The van der Waals surface area contributed by atoms with Crippen LogP contribution in [0, 0.1) is 0 Å². The molecular weight excluding hydrogens is 444 g/mol. The fraction of sp³-hybridized carbons (Fsp3) is 0.600. The zero-order valence-corrected chi connectivity index (χ0v) is 18.5. The molecule has 5 nitrogen and oxygen atoms in total. The Hall–Kier alpha value is -1.67. The van der Waals surface area contributed by atoms with Crippen molar-refractivity contribution in [1.29, 1.82) is 0 Å². The quantitative estimate of drug-likeness (QED) is 0.649. The fourth-order valence-electron chi connectivity index (χ4n) is 3.54. The maximum Gasteiger partial charge on any atom is 0.471 e. The molecule has 30 heavy (non-hydrogen) atoms. The van der Waals surface area contributed by atoms with E-state index in [0.29, 0.717) is 29.4 Å². The lowest BCUT2D eigenvalue weighted by Gasteiger charge is -2.43. The summed E-state index contributed by atoms with van der Waals surface area (Å²) in [6.07, 6.45) is -4.04. The van der Waals surface area contributed by atoms with Crippen molar-refractivity contribution in [3.8, 4) is 0 Å². The number of benzene rings is 1. The van der Waals surface area contributed by atoms with Crippen LogP contribution in [0.25, 0.3) is 0 Å². The summed E-state index contributed by atoms with van der Waals surface area (Å²) in [7, 11) is 0. The smallest absolute Gasteiger partial charge is 0.444 e. The van der Waals surface area contributed by atoms with Crippen molar-refractivity contribution < 1.29 is 27.5 Å². The summed E-state index contributed by atoms with van der Waals surface area (Å²) in [6, 6.07) is 5.02. The number of nitrogens with zero attached hydrogens (tertiary/aromatic N) is 1. The molecule has 10 heteroatoms. The summed E-state index contributed by atoms with van der Waals surface area (Å²) in [5, 5.41) is 2.57. The Kier molecular flexibility index (Phi) is 7.56. The van der Waals surface area contributed by atoms with Crippen LogP contribution < -0.4 is 5.32 Å². The molecule has 0 saturated carbocycles. The molecule has 1 atom stereocenters. The van der Waals surface area contributed by atoms with Crippen LogP contribution in [-0.2, 0) is 14.9 Å². The van der Waals surface area contributed by atoms with Gasteiger partial charge in [-0.1, -0.05) is 29.3 Å². The van der Waals surface area contributed by atoms with Gasteiger partial charge in [-0.3, -0.25) is 4.79 Å². The van der Waals surface area contributed by atoms with E-state index in [1.165, 1.54) is 0 Å². The Morgan fingerprint density at radius 1 is 1.20 bits per heavy atom. The predicted molar refractivity (Wildman–Crippen MR) is 109 cm³/mol. The molecule has 0 aliphatic carbocycles. The average molecular weight is 469 g/mol. The number of amides is 2. The predicted octanol–water partition coefficient (Wildman–Crippen LogP) is 5.33. The number of alkyl halides is 3. The summed E-state index contributed by atoms with van der Waals surface area (Å²) >= 11 is 12.2. The zero-order valence-electron chi connectivity index (χ0n) is 17.0. The molecule has 1 fully saturated rings. The minimum atomic E-state index is -4.95. The van der Waals surface area contributed by atoms with E-state index in [4.69, 9.17) is 27.9 Å². The average Bonchev–Trinajstić information content (AvgIpc) is 2.62. The number of likely N-dealkylation sites (tertiary alicyclic amines) is 1. The van der Waals surface area contributed by atoms with Gasteiger partial charge in [0, 0.05) is 25.0 Å². The number of hydrogen-bond donors (Lipinski definition) is 1. The minimum Gasteiger partial charge on any atom is -0.444 e. The van der Waals surface area contributed by atoms with E-state index < -0.39 is 29.2 Å². The number of halogens is 5. The Morgan fingerprint density at radius 3 is 2.43 bits per heavy atom. The highest BCUT2D eigenvalue weighted by Crippen LogP contribution is 2.40. The van der Waals surface area contributed by atoms with Crippen molar-refractivity contribution in [2.75, 3.05) is 19.6 Å². The molecule has 2 rings (SSSR count). The highest BCUT2D eigenvalue weighted by atomic mass is 35.5. The molecule has 1 aromatic rings. The molecule has 0 aromatic heterocycles. The molecule has 0 bridgehead atoms. The maximum atomic E-state index is 12.6. The van der Waals surface area contributed by atoms with Crippen molar-refractivity contribution in [2.45, 2.75) is 57.2 Å². The van der Waals surface area contributed by atoms with E-state index in [1.807, 2.05) is 5.32 Å². The second-order valence-electron chi connectivity index (χ2n) is 8.42. The Bertz CT molecular complexity index is 796. The topological polar surface area (TPSA) is 58.6 Å². The van der Waals surface area contributed by atoms with Gasteiger partial charge >= 0.3 is 18.2 Å². The third-order valence-electron chi connectivity index (χ3n) is 4.91. The van der Waals surface area contributed by atoms with Crippen LogP contribution in [0.4, 0.5) is 18.0 Å². The van der Waals surface area contributed by atoms with Gasteiger partial charge in [0.1, 0.15) is 5.60 Å². The summed E-state index contributed by atoms with van der Waals surface area (Å²) in [5.74, 6) is -1.99. The lowest BCUT2D eigenvalue weighted by Crippen LogP contribution is -2.51. The molecule has 1 aromatic carbocycles. The number of nitrogens with one attached hydrogen (secondary N) is 1. The summed E-state index contributed by atoms with van der Waals surface area (Å²) in [5.41, 5.74) is -0.643. The summed E-state index contributed by atoms with van der Waals surface area (Å²) in [6.45, 7) is 5.75. The van der Waals surface area contributed by atoms with Gasteiger partial charge in [-0.15, -0.1) is 0 Å². The molecule has 1 heterocycles. The van der Waals surface area contributed by atoms with Crippen LogP contribution in [0.3, 0.4) is 0 Å². The largest absolute Gasteiger partial charge is 0.471 e. The van der Waals surface area contributed by atoms with E-state index in [9.17, 15) is 22.8 Å². The third kappa shape index (κ3) is 6.41. The number of carbonyl (C=O) groups excluding carboxylic acids is 2. The van der Waals surface area contributed by atoms with E-state index >= 15 is 0 Å². The van der Waals surface area contributed by atoms with Gasteiger partial charge in [0.15, 0.2) is 0 Å². The summed E-state index contributed by atoms with van der Waals surface area (Å²) < 4.78 is 43.1. The number of piperidine rings is 1. The highest BCUT2D eigenvalue weighted by Gasteiger charge is 2.42. The first-order valence-electron chi connectivity index (χ1n) is 9.52. The van der Waals surface area contributed by atoms with E-state index in [2.05, 4.69) is 0 Å². The Morgan fingerprint density at radius 2 is 1.87 bits per heavy atom. The second-order valence-corrected chi connectivity index (χ2v) is 9.23. The van der Waals surface area contributed by atoms with Crippen LogP contribution in [0.15, 0.2) is 18.2 Å². The standard InChI is InChI=1S/C20H25Cl2F3N2O3/c1-18(2,3)30-17(29)27-10-4-7-19(12-27,8-9-26-16(28)20(23,24)25)13-5-6-14(21)15(22)11-13/h5-6,11H,4,7-10,12H2,1-3H3,(H,26,28)/t19-/m1/s1. The molecular formula is C20H25Cl2F3N2O3. The summed E-state index contributed by atoms with van der Waals surface area (Å²) in [4.78, 5) is 25.4. The van der Waals surface area contributed by atoms with Gasteiger partial charge in [-0.25, -0.2) is 4.79 Å². The number of carbonyl (C=O) groups is 2. The first kappa shape index (κ1) is 24.6. The fourth-order valence-corrected chi connectivity index (χ4v) is 3.84. The molecule has 1 aliphatic heterocycles. The molecule has 0 spiro atoms. The maximum absolute atomic E-state index is 12.6. The minimum absolute atomic E-state index is 0.187. The van der Waals surface area contributed by atoms with Crippen LogP contribution in [0.2, 0.25) is 10.0 Å². The van der Waals surface area contributed by atoms with Crippen molar-refractivity contribution >= 4 is 35.2 Å². The van der Waals surface area contributed by atoms with Crippen LogP contribution in [0.1, 0.15) is 45.6 Å².